The minimum absolute atomic E-state index is 0. The number of aliphatic imine (C=N–C) groups is 4. The van der Waals surface area contributed by atoms with E-state index in [2.05, 4.69) is 20.0 Å². The Morgan fingerprint density at radius 1 is 0.377 bits per heavy atom. The molecule has 0 fully saturated rings. The topological polar surface area (TPSA) is 142 Å². The van der Waals surface area contributed by atoms with Crippen LogP contribution in [-0.4, -0.2) is 49.6 Å². The molecule has 0 saturated carbocycles. The first-order valence-corrected chi connectivity index (χ1v) is 12.6. The van der Waals surface area contributed by atoms with Gasteiger partial charge in [-0.2, -0.15) is 52.7 Å². The first-order valence-electron chi connectivity index (χ1n) is 12.6. The summed E-state index contributed by atoms with van der Waals surface area (Å²) in [6, 6.07) is 1.54. The Balaban J connectivity index is 0.00000100. The van der Waals surface area contributed by atoms with Gasteiger partial charge in [-0.25, -0.2) is 17.6 Å². The molecule has 0 heterocycles. The summed E-state index contributed by atoms with van der Waals surface area (Å²) in [5.74, 6) is -15.0. The summed E-state index contributed by atoms with van der Waals surface area (Å²) in [6.07, 6.45) is -19.4. The van der Waals surface area contributed by atoms with Gasteiger partial charge in [0, 0.05) is 49.1 Å². The second-order valence-electron chi connectivity index (χ2n) is 8.74. The van der Waals surface area contributed by atoms with Crippen LogP contribution in [0.25, 0.3) is 0 Å². The predicted octanol–water partition coefficient (Wildman–Crippen LogP) is 5.96. The van der Waals surface area contributed by atoms with Crippen LogP contribution in [0.15, 0.2) is 91.6 Å². The van der Waals surface area contributed by atoms with E-state index in [9.17, 15) is 90.7 Å². The summed E-state index contributed by atoms with van der Waals surface area (Å²) in [7, 11) is 0. The molecule has 25 heteroatoms. The molecule has 2 aromatic carbocycles. The molecule has 0 aromatic heterocycles. The molecule has 0 aliphatic heterocycles. The van der Waals surface area contributed by atoms with Gasteiger partial charge in [0.2, 0.25) is 0 Å². The van der Waals surface area contributed by atoms with Gasteiger partial charge in [0.15, 0.2) is 23.3 Å². The Morgan fingerprint density at radius 2 is 0.528 bits per heavy atom. The molecule has 0 N–H and O–H groups in total. The molecule has 2 aromatic rings. The zero-order chi connectivity index (χ0) is 40.2. The van der Waals surface area contributed by atoms with Crippen LogP contribution in [0, 0.1) is 65.0 Å². The molecule has 2 rings (SSSR count). The third-order valence-electron chi connectivity index (χ3n) is 4.91. The zero-order valence-electron chi connectivity index (χ0n) is 24.9. The second-order valence-corrected chi connectivity index (χ2v) is 8.74. The Hall–Kier alpha value is -4.46. The van der Waals surface area contributed by atoms with Gasteiger partial charge in [0.05, 0.1) is 22.7 Å². The normalized spacial score (nSPS) is 14.3. The maximum Gasteiger partial charge on any atom is 4.00 e. The summed E-state index contributed by atoms with van der Waals surface area (Å²) < 4.78 is 197. The summed E-state index contributed by atoms with van der Waals surface area (Å²) in [4.78, 5) is 13.1. The maximum atomic E-state index is 13.2. The van der Waals surface area contributed by atoms with Crippen molar-refractivity contribution in [3.8, 4) is 0 Å². The second kappa shape index (κ2) is 20.1. The summed E-state index contributed by atoms with van der Waals surface area (Å²) in [6.45, 7) is 0. The van der Waals surface area contributed by atoms with Gasteiger partial charge in [0.25, 0.3) is 0 Å². The standard InChI is InChI=1S/2C14H8F8N2O2.Ce/c2*15-7-5-9(23-3-1-11(25)13(17,18)19)10(6-8(7)16)24-4-2-12(26)14(20,21)22;/h2*1-6,25-26H;/q;;+4/p-4/b2*11-1-,12-2-,23-3+,24-4+;. The van der Waals surface area contributed by atoms with Crippen LogP contribution < -0.4 is 20.4 Å². The van der Waals surface area contributed by atoms with Crippen molar-refractivity contribution < 1.29 is 132 Å². The van der Waals surface area contributed by atoms with Crippen molar-refractivity contribution in [1.29, 1.82) is 0 Å². The minimum Gasteiger partial charge on any atom is -0.869 e. The molecule has 53 heavy (non-hydrogen) atoms. The average molecular weight is 913 g/mol. The van der Waals surface area contributed by atoms with Gasteiger partial charge in [-0.15, -0.1) is 0 Å². The molecule has 0 aliphatic rings. The van der Waals surface area contributed by atoms with Crippen molar-refractivity contribution in [2.75, 3.05) is 0 Å². The molecule has 0 unspecified atom stereocenters. The summed E-state index contributed by atoms with van der Waals surface area (Å²) in [5.41, 5.74) is -2.39. The SMILES string of the molecule is [Ce+4].[O-]/C(=C\C=N\c1cc(F)c(F)cc1/N=C/C=C(\[O-])C(F)(F)F)C(F)(F)F.[O-]/C(=C\C=N\c1cc(F)c(F)cc1/N=C/C=C(\[O-])C(F)(F)F)C(F)(F)F. The van der Waals surface area contributed by atoms with E-state index in [4.69, 9.17) is 0 Å². The van der Waals surface area contributed by atoms with E-state index in [0.717, 1.165) is 0 Å². The first kappa shape index (κ1) is 48.5. The van der Waals surface area contributed by atoms with Crippen molar-refractivity contribution in [3.05, 3.63) is 94.9 Å². The van der Waals surface area contributed by atoms with E-state index in [1.807, 2.05) is 0 Å². The third-order valence-corrected chi connectivity index (χ3v) is 4.91. The van der Waals surface area contributed by atoms with Crippen molar-refractivity contribution in [2.24, 2.45) is 20.0 Å². The molecule has 0 atom stereocenters. The molecule has 0 aliphatic carbocycles. The average Bonchev–Trinajstić information content (AvgIpc) is 2.99. The number of nitrogens with zero attached hydrogens (tertiary/aromatic N) is 4. The van der Waals surface area contributed by atoms with Crippen molar-refractivity contribution in [3.63, 3.8) is 0 Å². The van der Waals surface area contributed by atoms with Crippen LogP contribution >= 0.6 is 0 Å². The molecule has 0 amide bonds. The van der Waals surface area contributed by atoms with E-state index in [0.29, 0.717) is 49.1 Å². The Labute approximate surface area is 318 Å². The molecule has 0 saturated heterocycles. The van der Waals surface area contributed by atoms with Crippen LogP contribution in [0.1, 0.15) is 0 Å². The van der Waals surface area contributed by atoms with Gasteiger partial charge in [-0.05, 0) is 47.3 Å². The van der Waals surface area contributed by atoms with Gasteiger partial charge < -0.3 is 20.4 Å². The predicted molar refractivity (Wildman–Crippen MR) is 142 cm³/mol. The first-order chi connectivity index (χ1) is 23.6. The Morgan fingerprint density at radius 3 is 0.660 bits per heavy atom. The van der Waals surface area contributed by atoms with E-state index >= 15 is 0 Å². The molecule has 0 spiro atoms. The molecule has 8 nitrogen and oxygen atoms in total. The maximum absolute atomic E-state index is 13.2. The number of allylic oxidation sites excluding steroid dienone is 8. The fraction of sp³-hybridized carbons (Fsp3) is 0.143. The monoisotopic (exact) mass is 912 g/mol. The van der Waals surface area contributed by atoms with Gasteiger partial charge in [0.1, 0.15) is 0 Å². The quantitative estimate of drug-likeness (QED) is 0.183. The Bertz CT molecular complexity index is 1560. The largest absolute Gasteiger partial charge is 4.00 e. The van der Waals surface area contributed by atoms with Crippen LogP contribution in [-0.2, 0) is 0 Å². The Kier molecular flexibility index (Phi) is 18.4. The van der Waals surface area contributed by atoms with Crippen LogP contribution in [0.2, 0.25) is 0 Å². The van der Waals surface area contributed by atoms with E-state index in [-0.39, 0.29) is 66.1 Å². The molecule has 0 bridgehead atoms. The number of rotatable bonds is 8. The van der Waals surface area contributed by atoms with Crippen molar-refractivity contribution >= 4 is 47.6 Å². The fourth-order valence-corrected chi connectivity index (χ4v) is 2.58. The van der Waals surface area contributed by atoms with Crippen LogP contribution in [0.3, 0.4) is 0 Å². The molecular weight excluding hydrogens is 900 g/mol. The van der Waals surface area contributed by atoms with E-state index in [1.54, 1.807) is 0 Å². The number of hydrogen-bond acceptors (Lipinski definition) is 8. The number of alkyl halides is 12. The minimum atomic E-state index is -5.17. The molecule has 0 radical (unpaired) electrons. The third kappa shape index (κ3) is 17.3. The van der Waals surface area contributed by atoms with Crippen LogP contribution in [0.4, 0.5) is 93.0 Å². The number of benzene rings is 2. The van der Waals surface area contributed by atoms with E-state index in [1.165, 1.54) is 0 Å². The van der Waals surface area contributed by atoms with Crippen LogP contribution in [0.5, 0.6) is 0 Å². The number of hydrogen-bond donors (Lipinski definition) is 0. The smallest absolute Gasteiger partial charge is 0.869 e. The number of halogens is 16. The fourth-order valence-electron chi connectivity index (χ4n) is 2.58. The summed E-state index contributed by atoms with van der Waals surface area (Å²) in [5, 5.41) is 42.5. The summed E-state index contributed by atoms with van der Waals surface area (Å²) >= 11 is 0. The molecule has 284 valence electrons. The van der Waals surface area contributed by atoms with Gasteiger partial charge in [-0.3, -0.25) is 20.0 Å². The van der Waals surface area contributed by atoms with Crippen molar-refractivity contribution in [2.45, 2.75) is 24.7 Å². The van der Waals surface area contributed by atoms with Crippen molar-refractivity contribution in [1.82, 2.24) is 0 Å². The molecular formula is C28H12CeF16N4O4. The van der Waals surface area contributed by atoms with E-state index < -0.39 is 93.8 Å². The van der Waals surface area contributed by atoms with Gasteiger partial charge >= 0.3 is 66.5 Å². The zero-order valence-corrected chi connectivity index (χ0v) is 28.0. The van der Waals surface area contributed by atoms with Gasteiger partial charge in [-0.1, -0.05) is 0 Å².